The van der Waals surface area contributed by atoms with Crippen molar-refractivity contribution in [1.29, 1.82) is 0 Å². The molecule has 206 valence electrons. The zero-order valence-corrected chi connectivity index (χ0v) is 23.3. The number of aliphatic hydroxyl groups excluding tert-OH is 1. The monoisotopic (exact) mass is 532 g/mol. The largest absolute Gasteiger partial charge is 0.465 e. The molecule has 0 aromatic heterocycles. The van der Waals surface area contributed by atoms with Crippen LogP contribution >= 0.6 is 11.8 Å². The van der Waals surface area contributed by atoms with E-state index < -0.39 is 28.7 Å². The Labute approximate surface area is 226 Å². The van der Waals surface area contributed by atoms with Crippen LogP contribution in [0.2, 0.25) is 0 Å². The van der Waals surface area contributed by atoms with E-state index in [1.807, 2.05) is 11.8 Å². The number of hydrogen-bond acceptors (Lipinski definition) is 6. The highest BCUT2D eigenvalue weighted by Crippen LogP contribution is 2.69. The van der Waals surface area contributed by atoms with Crippen molar-refractivity contribution in [1.82, 2.24) is 9.80 Å². The van der Waals surface area contributed by atoms with Crippen molar-refractivity contribution in [3.8, 4) is 0 Å². The van der Waals surface area contributed by atoms with Gasteiger partial charge in [0.25, 0.3) is 0 Å². The molecule has 0 aromatic carbocycles. The highest BCUT2D eigenvalue weighted by Gasteiger charge is 2.77. The second-order valence-electron chi connectivity index (χ2n) is 11.2. The summed E-state index contributed by atoms with van der Waals surface area (Å²) in [6.07, 6.45) is 11.6. The van der Waals surface area contributed by atoms with Crippen molar-refractivity contribution < 1.29 is 24.2 Å². The number of thioether (sulfide) groups is 1. The minimum absolute atomic E-state index is 0.0370. The number of carbonyl (C=O) groups is 3. The SMILES string of the molecule is C=CCCCOC(=O)[C@@H]1[C@H]2C(=O)N([C@@H](CC)CO)C(C(=O)N(CC=C)C3CCCCC3)C23S[C@@H]1CC3C. The Morgan fingerprint density at radius 3 is 2.62 bits per heavy atom. The molecule has 1 N–H and O–H groups in total. The van der Waals surface area contributed by atoms with Crippen LogP contribution in [-0.4, -0.2) is 80.6 Å². The minimum atomic E-state index is -0.701. The number of nitrogens with zero attached hydrogens (tertiary/aromatic N) is 2. The molecule has 3 unspecified atom stereocenters. The van der Waals surface area contributed by atoms with E-state index in [0.29, 0.717) is 26.0 Å². The predicted molar refractivity (Wildman–Crippen MR) is 146 cm³/mol. The van der Waals surface area contributed by atoms with E-state index in [2.05, 4.69) is 20.1 Å². The van der Waals surface area contributed by atoms with E-state index in [9.17, 15) is 19.5 Å². The molecule has 4 fully saturated rings. The first-order valence-electron chi connectivity index (χ1n) is 14.2. The quantitative estimate of drug-likeness (QED) is 0.233. The summed E-state index contributed by atoms with van der Waals surface area (Å²) < 4.78 is 4.97. The van der Waals surface area contributed by atoms with E-state index in [4.69, 9.17) is 4.74 Å². The van der Waals surface area contributed by atoms with Crippen LogP contribution in [-0.2, 0) is 19.1 Å². The smallest absolute Gasteiger partial charge is 0.310 e. The van der Waals surface area contributed by atoms with Crippen LogP contribution in [0.4, 0.5) is 0 Å². The average molecular weight is 533 g/mol. The lowest BCUT2D eigenvalue weighted by Gasteiger charge is -2.44. The lowest BCUT2D eigenvalue weighted by atomic mass is 9.66. The molecule has 2 bridgehead atoms. The third-order valence-corrected chi connectivity index (χ3v) is 11.3. The van der Waals surface area contributed by atoms with Crippen molar-refractivity contribution in [3.05, 3.63) is 25.3 Å². The molecule has 7 nitrogen and oxygen atoms in total. The van der Waals surface area contributed by atoms with Gasteiger partial charge in [-0.05, 0) is 44.4 Å². The molecule has 1 aliphatic carbocycles. The third-order valence-electron chi connectivity index (χ3n) is 9.19. The number of unbranched alkanes of at least 4 members (excludes halogenated alkanes) is 1. The van der Waals surface area contributed by atoms with Gasteiger partial charge in [-0.3, -0.25) is 14.4 Å². The number of hydrogen-bond donors (Lipinski definition) is 1. The molecule has 2 amide bonds. The number of fused-ring (bicyclic) bond motifs is 1. The van der Waals surface area contributed by atoms with Crippen molar-refractivity contribution in [2.24, 2.45) is 17.8 Å². The summed E-state index contributed by atoms with van der Waals surface area (Å²) in [4.78, 5) is 45.8. The molecule has 3 saturated heterocycles. The van der Waals surface area contributed by atoms with Crippen LogP contribution in [0.15, 0.2) is 25.3 Å². The summed E-state index contributed by atoms with van der Waals surface area (Å²) in [5, 5.41) is 10.3. The van der Waals surface area contributed by atoms with Gasteiger partial charge < -0.3 is 19.6 Å². The summed E-state index contributed by atoms with van der Waals surface area (Å²) in [6.45, 7) is 12.2. The number of allylic oxidation sites excluding steroid dienone is 1. The molecule has 4 rings (SSSR count). The molecule has 3 heterocycles. The molecular formula is C29H44N2O5S. The van der Waals surface area contributed by atoms with Crippen LogP contribution in [0.1, 0.15) is 71.6 Å². The van der Waals surface area contributed by atoms with Crippen molar-refractivity contribution >= 4 is 29.5 Å². The van der Waals surface area contributed by atoms with Crippen LogP contribution < -0.4 is 0 Å². The molecule has 4 aliphatic rings. The molecule has 1 spiro atoms. The topological polar surface area (TPSA) is 87.1 Å². The Kier molecular flexibility index (Phi) is 9.10. The fourth-order valence-electron chi connectivity index (χ4n) is 7.42. The van der Waals surface area contributed by atoms with Crippen molar-refractivity contribution in [3.63, 3.8) is 0 Å². The number of likely N-dealkylation sites (tertiary alicyclic amines) is 1. The van der Waals surface area contributed by atoms with E-state index in [0.717, 1.165) is 38.5 Å². The fraction of sp³-hybridized carbons (Fsp3) is 0.759. The highest BCUT2D eigenvalue weighted by molar-refractivity contribution is 8.02. The van der Waals surface area contributed by atoms with Crippen molar-refractivity contribution in [2.75, 3.05) is 19.8 Å². The molecule has 7 atom stereocenters. The van der Waals surface area contributed by atoms with E-state index in [-0.39, 0.29) is 41.6 Å². The summed E-state index contributed by atoms with van der Waals surface area (Å²) in [5.41, 5.74) is 0. The average Bonchev–Trinajstić information content (AvgIpc) is 3.50. The highest BCUT2D eigenvalue weighted by atomic mass is 32.2. The number of carbonyl (C=O) groups excluding carboxylic acids is 3. The van der Waals surface area contributed by atoms with Gasteiger partial charge in [0.05, 0.1) is 35.8 Å². The van der Waals surface area contributed by atoms with Crippen LogP contribution in [0.3, 0.4) is 0 Å². The second-order valence-corrected chi connectivity index (χ2v) is 12.8. The first-order valence-corrected chi connectivity index (χ1v) is 15.0. The summed E-state index contributed by atoms with van der Waals surface area (Å²) >= 11 is 1.67. The van der Waals surface area contributed by atoms with E-state index >= 15 is 0 Å². The summed E-state index contributed by atoms with van der Waals surface area (Å²) in [5.74, 6) is -1.62. The zero-order chi connectivity index (χ0) is 26.7. The molecule has 37 heavy (non-hydrogen) atoms. The van der Waals surface area contributed by atoms with Crippen LogP contribution in [0.5, 0.6) is 0 Å². The summed E-state index contributed by atoms with van der Waals surface area (Å²) in [7, 11) is 0. The Hall–Kier alpha value is -1.80. The number of amides is 2. The molecule has 3 aliphatic heterocycles. The normalized spacial score (nSPS) is 33.8. The molecule has 8 heteroatoms. The predicted octanol–water partition coefficient (Wildman–Crippen LogP) is 3.95. The maximum atomic E-state index is 14.6. The standard InChI is InChI=1S/C29H44N2O5S/c1-5-8-12-16-36-28(35)23-22-17-19(4)29(37-22)24(23)26(33)31(20(7-3)18-32)25(29)27(34)30(15-6-2)21-13-10-9-11-14-21/h5-6,19-25,32H,1-2,7-18H2,3-4H3/t19?,20-,22+,23-,24-,25?,29?/m0/s1. The number of rotatable bonds is 12. The maximum Gasteiger partial charge on any atom is 0.310 e. The van der Waals surface area contributed by atoms with Crippen LogP contribution in [0, 0.1) is 17.8 Å². The Balaban J connectivity index is 1.72. The van der Waals surface area contributed by atoms with E-state index in [1.165, 1.54) is 6.42 Å². The molecule has 0 aromatic rings. The fourth-order valence-corrected chi connectivity index (χ4v) is 9.81. The number of esters is 1. The van der Waals surface area contributed by atoms with Crippen LogP contribution in [0.25, 0.3) is 0 Å². The van der Waals surface area contributed by atoms with Gasteiger partial charge in [-0.1, -0.05) is 45.3 Å². The lowest BCUT2D eigenvalue weighted by molar-refractivity contribution is -0.155. The Bertz CT molecular complexity index is 886. The van der Waals surface area contributed by atoms with Gasteiger partial charge in [0.2, 0.25) is 11.8 Å². The van der Waals surface area contributed by atoms with Gasteiger partial charge in [-0.15, -0.1) is 24.9 Å². The maximum absolute atomic E-state index is 14.6. The van der Waals surface area contributed by atoms with Gasteiger partial charge in [0.15, 0.2) is 0 Å². The lowest BCUT2D eigenvalue weighted by Crippen LogP contribution is -2.60. The Morgan fingerprint density at radius 2 is 2.00 bits per heavy atom. The molecular weight excluding hydrogens is 488 g/mol. The third kappa shape index (κ3) is 4.77. The Morgan fingerprint density at radius 1 is 1.27 bits per heavy atom. The first kappa shape index (κ1) is 28.2. The first-order chi connectivity index (χ1) is 17.9. The number of aliphatic hydroxyl groups is 1. The number of ether oxygens (including phenoxy) is 1. The van der Waals surface area contributed by atoms with Gasteiger partial charge >= 0.3 is 5.97 Å². The second kappa shape index (κ2) is 11.9. The molecule has 0 radical (unpaired) electrons. The van der Waals surface area contributed by atoms with Gasteiger partial charge in [-0.25, -0.2) is 0 Å². The minimum Gasteiger partial charge on any atom is -0.465 e. The van der Waals surface area contributed by atoms with Gasteiger partial charge in [-0.2, -0.15) is 0 Å². The van der Waals surface area contributed by atoms with Gasteiger partial charge in [0.1, 0.15) is 6.04 Å². The van der Waals surface area contributed by atoms with Crippen molar-refractivity contribution in [2.45, 2.75) is 99.8 Å². The zero-order valence-electron chi connectivity index (χ0n) is 22.5. The van der Waals surface area contributed by atoms with E-state index in [1.54, 1.807) is 28.8 Å². The molecule has 1 saturated carbocycles. The van der Waals surface area contributed by atoms with Gasteiger partial charge in [0, 0.05) is 17.8 Å². The summed E-state index contributed by atoms with van der Waals surface area (Å²) in [6, 6.07) is -1.03.